The molecule has 0 bridgehead atoms. The van der Waals surface area contributed by atoms with Crippen molar-refractivity contribution in [2.45, 2.75) is 38.2 Å². The van der Waals surface area contributed by atoms with Gasteiger partial charge < -0.3 is 14.9 Å². The lowest BCUT2D eigenvalue weighted by atomic mass is 9.72. The average Bonchev–Trinajstić information content (AvgIpc) is 3.71. The fraction of sp³-hybridized carbons (Fsp3) is 0.344. The third kappa shape index (κ3) is 3.81. The molecule has 3 aliphatic rings. The number of aliphatic hydroxyl groups is 1. The summed E-state index contributed by atoms with van der Waals surface area (Å²) >= 11 is 0. The van der Waals surface area contributed by atoms with Crippen LogP contribution in [0.15, 0.2) is 67.0 Å². The Kier molecular flexibility index (Phi) is 5.05. The number of aromatic nitrogens is 2. The van der Waals surface area contributed by atoms with Gasteiger partial charge in [-0.1, -0.05) is 36.4 Å². The zero-order chi connectivity index (χ0) is 26.1. The van der Waals surface area contributed by atoms with Gasteiger partial charge in [0.1, 0.15) is 5.82 Å². The Morgan fingerprint density at radius 1 is 0.921 bits per heavy atom. The van der Waals surface area contributed by atoms with Gasteiger partial charge in [0, 0.05) is 54.3 Å². The third-order valence-electron chi connectivity index (χ3n) is 8.45. The largest absolute Gasteiger partial charge is 0.386 e. The first kappa shape index (κ1) is 23.2. The molecule has 1 spiro atoms. The van der Waals surface area contributed by atoms with Crippen LogP contribution in [0.5, 0.6) is 0 Å². The van der Waals surface area contributed by atoms with Crippen molar-refractivity contribution in [3.05, 3.63) is 83.7 Å². The molecule has 1 saturated carbocycles. The van der Waals surface area contributed by atoms with Gasteiger partial charge in [-0.05, 0) is 61.9 Å². The lowest BCUT2D eigenvalue weighted by Gasteiger charge is -2.61. The number of benzene rings is 2. The van der Waals surface area contributed by atoms with Gasteiger partial charge in [0.05, 0.1) is 34.6 Å². The van der Waals surface area contributed by atoms with E-state index in [9.17, 15) is 10.4 Å². The number of nitriles is 1. The lowest BCUT2D eigenvalue weighted by Crippen LogP contribution is -2.72. The predicted octanol–water partition coefficient (Wildman–Crippen LogP) is 5.60. The van der Waals surface area contributed by atoms with Gasteiger partial charge in [0.2, 0.25) is 0 Å². The van der Waals surface area contributed by atoms with Crippen LogP contribution in [-0.2, 0) is 5.60 Å². The topological polar surface area (TPSA) is 76.3 Å². The standard InChI is InChI=1S/C32H31N5O/c1-31(2,38)24-12-13-28(34-15-24)37-19-32(20-37)17-36(18-32)27-16-35-30-25(22-8-6-21(14-33)7-9-22)4-3-5-26(30)29(27)23-10-11-23/h3-9,12-13,15-16,23,38H,10-11,17-20H2,1-2H3. The van der Waals surface area contributed by atoms with Crippen LogP contribution in [0.2, 0.25) is 0 Å². The van der Waals surface area contributed by atoms with Gasteiger partial charge in [-0.15, -0.1) is 0 Å². The molecule has 6 nitrogen and oxygen atoms in total. The Labute approximate surface area is 223 Å². The van der Waals surface area contributed by atoms with Crippen LogP contribution in [-0.4, -0.2) is 41.3 Å². The van der Waals surface area contributed by atoms with Gasteiger partial charge in [-0.2, -0.15) is 5.26 Å². The van der Waals surface area contributed by atoms with Crippen molar-refractivity contribution < 1.29 is 5.11 Å². The molecule has 1 aliphatic carbocycles. The minimum absolute atomic E-state index is 0.316. The molecule has 0 unspecified atom stereocenters. The molecule has 2 saturated heterocycles. The van der Waals surface area contributed by atoms with Crippen molar-refractivity contribution in [1.82, 2.24) is 9.97 Å². The van der Waals surface area contributed by atoms with E-state index in [4.69, 9.17) is 4.98 Å². The minimum atomic E-state index is -0.869. The summed E-state index contributed by atoms with van der Waals surface area (Å²) in [4.78, 5) is 14.5. The molecule has 2 aromatic carbocycles. The highest BCUT2D eigenvalue weighted by Gasteiger charge is 2.53. The highest BCUT2D eigenvalue weighted by molar-refractivity contribution is 5.98. The minimum Gasteiger partial charge on any atom is -0.386 e. The summed E-state index contributed by atoms with van der Waals surface area (Å²) in [6.07, 6.45) is 6.38. The molecule has 1 N–H and O–H groups in total. The van der Waals surface area contributed by atoms with Crippen molar-refractivity contribution in [3.63, 3.8) is 0 Å². The number of nitrogens with zero attached hydrogens (tertiary/aromatic N) is 5. The Morgan fingerprint density at radius 3 is 2.29 bits per heavy atom. The Balaban J connectivity index is 1.12. The summed E-state index contributed by atoms with van der Waals surface area (Å²) in [5, 5.41) is 20.6. The molecule has 7 rings (SSSR count). The molecule has 38 heavy (non-hydrogen) atoms. The zero-order valence-corrected chi connectivity index (χ0v) is 21.9. The normalized spacial score (nSPS) is 18.3. The Morgan fingerprint density at radius 2 is 1.66 bits per heavy atom. The van der Waals surface area contributed by atoms with Crippen LogP contribution in [0.1, 0.15) is 49.3 Å². The molecular weight excluding hydrogens is 470 g/mol. The molecular formula is C32H31N5O. The van der Waals surface area contributed by atoms with Gasteiger partial charge >= 0.3 is 0 Å². The van der Waals surface area contributed by atoms with E-state index in [0.29, 0.717) is 16.9 Å². The summed E-state index contributed by atoms with van der Waals surface area (Å²) in [6.45, 7) is 7.70. The van der Waals surface area contributed by atoms with Crippen molar-refractivity contribution in [2.75, 3.05) is 36.0 Å². The molecule has 6 heteroatoms. The van der Waals surface area contributed by atoms with E-state index in [0.717, 1.165) is 54.2 Å². The second-order valence-corrected chi connectivity index (χ2v) is 11.9. The molecule has 0 amide bonds. The smallest absolute Gasteiger partial charge is 0.128 e. The SMILES string of the molecule is CC(C)(O)c1ccc(N2CC3(C2)CN(c2cnc4c(-c5ccc(C#N)cc5)cccc4c2C2CC2)C3)nc1. The third-order valence-corrected chi connectivity index (χ3v) is 8.45. The molecule has 2 aromatic heterocycles. The molecule has 3 fully saturated rings. The average molecular weight is 502 g/mol. The Bertz CT molecular complexity index is 1560. The molecule has 4 heterocycles. The number of rotatable bonds is 5. The second-order valence-electron chi connectivity index (χ2n) is 11.9. The van der Waals surface area contributed by atoms with Crippen molar-refractivity contribution in [1.29, 1.82) is 5.26 Å². The molecule has 2 aliphatic heterocycles. The highest BCUT2D eigenvalue weighted by Crippen LogP contribution is 2.51. The van der Waals surface area contributed by atoms with E-state index >= 15 is 0 Å². The maximum absolute atomic E-state index is 10.2. The first-order chi connectivity index (χ1) is 18.3. The van der Waals surface area contributed by atoms with Gasteiger partial charge in [-0.3, -0.25) is 4.98 Å². The number of pyridine rings is 2. The second kappa shape index (κ2) is 8.28. The van der Waals surface area contributed by atoms with Crippen LogP contribution in [0.4, 0.5) is 11.5 Å². The summed E-state index contributed by atoms with van der Waals surface area (Å²) in [5.74, 6) is 1.60. The maximum Gasteiger partial charge on any atom is 0.128 e. The number of para-hydroxylation sites is 1. The van der Waals surface area contributed by atoms with Crippen LogP contribution in [0.3, 0.4) is 0 Å². The molecule has 190 valence electrons. The summed E-state index contributed by atoms with van der Waals surface area (Å²) < 4.78 is 0. The number of hydrogen-bond donors (Lipinski definition) is 1. The van der Waals surface area contributed by atoms with Gasteiger partial charge in [-0.25, -0.2) is 4.98 Å². The fourth-order valence-corrected chi connectivity index (χ4v) is 6.24. The van der Waals surface area contributed by atoms with Crippen LogP contribution < -0.4 is 9.80 Å². The van der Waals surface area contributed by atoms with Gasteiger partial charge in [0.15, 0.2) is 0 Å². The quantitative estimate of drug-likeness (QED) is 0.384. The van der Waals surface area contributed by atoms with Crippen LogP contribution >= 0.6 is 0 Å². The van der Waals surface area contributed by atoms with Crippen molar-refractivity contribution in [2.24, 2.45) is 5.41 Å². The summed E-state index contributed by atoms with van der Waals surface area (Å²) in [5.41, 5.74) is 6.98. The molecule has 4 aromatic rings. The van der Waals surface area contributed by atoms with E-state index in [2.05, 4.69) is 45.2 Å². The number of anilines is 2. The summed E-state index contributed by atoms with van der Waals surface area (Å²) in [6, 6.07) is 20.5. The van der Waals surface area contributed by atoms with Gasteiger partial charge in [0.25, 0.3) is 0 Å². The predicted molar refractivity (Wildman–Crippen MR) is 150 cm³/mol. The van der Waals surface area contributed by atoms with Crippen LogP contribution in [0.25, 0.3) is 22.0 Å². The van der Waals surface area contributed by atoms with Crippen molar-refractivity contribution in [3.8, 4) is 17.2 Å². The van der Waals surface area contributed by atoms with Crippen LogP contribution in [0, 0.1) is 16.7 Å². The van der Waals surface area contributed by atoms with E-state index in [-0.39, 0.29) is 0 Å². The highest BCUT2D eigenvalue weighted by atomic mass is 16.3. The fourth-order valence-electron chi connectivity index (χ4n) is 6.24. The monoisotopic (exact) mass is 501 g/mol. The zero-order valence-electron chi connectivity index (χ0n) is 21.9. The first-order valence-corrected chi connectivity index (χ1v) is 13.4. The number of fused-ring (bicyclic) bond motifs is 1. The first-order valence-electron chi connectivity index (χ1n) is 13.4. The Hall–Kier alpha value is -3.95. The molecule has 0 atom stereocenters. The van der Waals surface area contributed by atoms with E-state index in [1.807, 2.05) is 36.4 Å². The molecule has 0 radical (unpaired) electrons. The number of hydrogen-bond acceptors (Lipinski definition) is 6. The van der Waals surface area contributed by atoms with Crippen molar-refractivity contribution >= 4 is 22.4 Å². The van der Waals surface area contributed by atoms with E-state index in [1.54, 1.807) is 20.0 Å². The summed E-state index contributed by atoms with van der Waals surface area (Å²) in [7, 11) is 0. The van der Waals surface area contributed by atoms with E-state index in [1.165, 1.54) is 29.5 Å². The van der Waals surface area contributed by atoms with E-state index < -0.39 is 5.60 Å². The maximum atomic E-state index is 10.2. The lowest BCUT2D eigenvalue weighted by molar-refractivity contribution is 0.0782.